The van der Waals surface area contributed by atoms with E-state index in [0.717, 1.165) is 11.0 Å². The fourth-order valence-corrected chi connectivity index (χ4v) is 5.83. The van der Waals surface area contributed by atoms with Crippen LogP contribution in [0, 0.1) is 0 Å². The number of rotatable bonds is 8. The molecular formula is C22H24ClN3O4S2. The Labute approximate surface area is 192 Å². The zero-order valence-corrected chi connectivity index (χ0v) is 20.2. The van der Waals surface area contributed by atoms with Crippen molar-refractivity contribution in [1.82, 2.24) is 14.1 Å². The number of sulfone groups is 2. The van der Waals surface area contributed by atoms with Gasteiger partial charge in [-0.3, -0.25) is 0 Å². The van der Waals surface area contributed by atoms with Gasteiger partial charge in [-0.05, 0) is 30.7 Å². The van der Waals surface area contributed by atoms with Crippen LogP contribution < -0.4 is 0 Å². The van der Waals surface area contributed by atoms with Crippen molar-refractivity contribution in [2.45, 2.75) is 31.3 Å². The summed E-state index contributed by atoms with van der Waals surface area (Å²) >= 11 is 6.15. The molecule has 7 nitrogen and oxygen atoms in total. The van der Waals surface area contributed by atoms with Crippen LogP contribution in [0.4, 0.5) is 0 Å². The van der Waals surface area contributed by atoms with Crippen molar-refractivity contribution in [2.24, 2.45) is 0 Å². The molecule has 0 saturated heterocycles. The predicted molar refractivity (Wildman–Crippen MR) is 128 cm³/mol. The first kappa shape index (κ1) is 22.8. The summed E-state index contributed by atoms with van der Waals surface area (Å²) in [5.41, 5.74) is 2.37. The summed E-state index contributed by atoms with van der Waals surface area (Å²) < 4.78 is 52.4. The van der Waals surface area contributed by atoms with Gasteiger partial charge in [0.2, 0.25) is 0 Å². The van der Waals surface area contributed by atoms with Gasteiger partial charge in [-0.2, -0.15) is 0 Å². The molecule has 2 aromatic heterocycles. The fraction of sp³-hybridized carbons (Fsp3) is 0.318. The van der Waals surface area contributed by atoms with Gasteiger partial charge in [0.05, 0.1) is 34.0 Å². The van der Waals surface area contributed by atoms with Gasteiger partial charge >= 0.3 is 0 Å². The van der Waals surface area contributed by atoms with Crippen LogP contribution >= 0.6 is 11.6 Å². The van der Waals surface area contributed by atoms with Crippen LogP contribution in [0.1, 0.15) is 19.2 Å². The van der Waals surface area contributed by atoms with Crippen LogP contribution in [0.3, 0.4) is 0 Å². The SMILES string of the molecule is CCS(=O)(=O)c1cn(Cc2nc3cc(Cl)ccc3n2CCCS(C)(=O)=O)c2ccccc12. The van der Waals surface area contributed by atoms with E-state index in [1.165, 1.54) is 6.26 Å². The molecule has 2 aromatic carbocycles. The van der Waals surface area contributed by atoms with Crippen molar-refractivity contribution in [2.75, 3.05) is 17.8 Å². The summed E-state index contributed by atoms with van der Waals surface area (Å²) in [5.74, 6) is 0.797. The van der Waals surface area contributed by atoms with Gasteiger partial charge in [-0.25, -0.2) is 21.8 Å². The monoisotopic (exact) mass is 493 g/mol. The van der Waals surface area contributed by atoms with E-state index in [2.05, 4.69) is 0 Å². The largest absolute Gasteiger partial charge is 0.339 e. The molecular weight excluding hydrogens is 470 g/mol. The molecule has 32 heavy (non-hydrogen) atoms. The van der Waals surface area contributed by atoms with Crippen LogP contribution in [-0.4, -0.2) is 48.7 Å². The third-order valence-corrected chi connectivity index (χ3v) is 8.49. The van der Waals surface area contributed by atoms with Crippen LogP contribution in [-0.2, 0) is 32.8 Å². The molecule has 170 valence electrons. The number of nitrogens with zero attached hydrogens (tertiary/aromatic N) is 3. The molecule has 4 aromatic rings. The van der Waals surface area contributed by atoms with E-state index < -0.39 is 19.7 Å². The van der Waals surface area contributed by atoms with Gasteiger partial charge < -0.3 is 9.13 Å². The Morgan fingerprint density at radius 1 is 1.03 bits per heavy atom. The second kappa shape index (κ2) is 8.53. The minimum absolute atomic E-state index is 0.0174. The molecule has 0 aliphatic rings. The predicted octanol–water partition coefficient (Wildman–Crippen LogP) is 3.92. The molecule has 0 bridgehead atoms. The van der Waals surface area contributed by atoms with Crippen molar-refractivity contribution in [3.8, 4) is 0 Å². The maximum atomic E-state index is 12.7. The lowest BCUT2D eigenvalue weighted by atomic mass is 10.2. The van der Waals surface area contributed by atoms with Crippen molar-refractivity contribution < 1.29 is 16.8 Å². The smallest absolute Gasteiger partial charge is 0.180 e. The molecule has 10 heteroatoms. The Kier molecular flexibility index (Phi) is 6.08. The van der Waals surface area contributed by atoms with Crippen LogP contribution in [0.25, 0.3) is 21.9 Å². The van der Waals surface area contributed by atoms with Gasteiger partial charge in [-0.15, -0.1) is 0 Å². The minimum Gasteiger partial charge on any atom is -0.339 e. The molecule has 0 unspecified atom stereocenters. The minimum atomic E-state index is -3.40. The highest BCUT2D eigenvalue weighted by Gasteiger charge is 2.21. The Morgan fingerprint density at radius 3 is 2.50 bits per heavy atom. The maximum absolute atomic E-state index is 12.7. The number of fused-ring (bicyclic) bond motifs is 2. The van der Waals surface area contributed by atoms with Gasteiger partial charge in [0, 0.05) is 34.9 Å². The van der Waals surface area contributed by atoms with Crippen molar-refractivity contribution in [3.63, 3.8) is 0 Å². The van der Waals surface area contributed by atoms with Crippen LogP contribution in [0.5, 0.6) is 0 Å². The summed E-state index contributed by atoms with van der Waals surface area (Å²) in [7, 11) is -6.48. The number of halogens is 1. The zero-order valence-electron chi connectivity index (χ0n) is 17.8. The first-order valence-corrected chi connectivity index (χ1v) is 14.3. The summed E-state index contributed by atoms with van der Waals surface area (Å²) in [4.78, 5) is 5.05. The number of imidazole rings is 1. The first-order chi connectivity index (χ1) is 15.1. The molecule has 0 saturated carbocycles. The summed E-state index contributed by atoms with van der Waals surface area (Å²) in [6.07, 6.45) is 3.33. The molecule has 0 N–H and O–H groups in total. The standard InChI is InChI=1S/C22H24ClN3O4S2/c1-3-32(29,30)21-14-25(19-8-5-4-7-17(19)21)15-22-24-18-13-16(23)9-10-20(18)26(22)11-6-12-31(2,27)28/h4-5,7-10,13-14H,3,6,11-12,15H2,1-2H3. The molecule has 2 heterocycles. The highest BCUT2D eigenvalue weighted by molar-refractivity contribution is 7.91. The van der Waals surface area contributed by atoms with Gasteiger partial charge in [-0.1, -0.05) is 36.7 Å². The van der Waals surface area contributed by atoms with Crippen molar-refractivity contribution >= 4 is 53.2 Å². The van der Waals surface area contributed by atoms with Gasteiger partial charge in [0.1, 0.15) is 15.7 Å². The van der Waals surface area contributed by atoms with Crippen molar-refractivity contribution in [3.05, 3.63) is 59.5 Å². The van der Waals surface area contributed by atoms with Crippen LogP contribution in [0.15, 0.2) is 53.6 Å². The molecule has 0 amide bonds. The average Bonchev–Trinajstić information content (AvgIpc) is 3.26. The quantitative estimate of drug-likeness (QED) is 0.371. The lowest BCUT2D eigenvalue weighted by molar-refractivity contribution is 0.587. The Hall–Kier alpha value is -2.36. The number of para-hydroxylation sites is 1. The lowest BCUT2D eigenvalue weighted by Gasteiger charge is -2.10. The normalized spacial score (nSPS) is 12.7. The average molecular weight is 494 g/mol. The van der Waals surface area contributed by atoms with E-state index in [9.17, 15) is 16.8 Å². The molecule has 0 fully saturated rings. The van der Waals surface area contributed by atoms with E-state index in [0.29, 0.717) is 46.2 Å². The van der Waals surface area contributed by atoms with Gasteiger partial charge in [0.25, 0.3) is 0 Å². The maximum Gasteiger partial charge on any atom is 0.180 e. The third kappa shape index (κ3) is 4.55. The van der Waals surface area contributed by atoms with E-state index in [1.807, 2.05) is 39.5 Å². The second-order valence-corrected chi connectivity index (χ2v) is 12.8. The Balaban J connectivity index is 1.81. The molecule has 0 aliphatic heterocycles. The van der Waals surface area contributed by atoms with Crippen molar-refractivity contribution in [1.29, 1.82) is 0 Å². The molecule has 0 radical (unpaired) electrons. The number of hydrogen-bond acceptors (Lipinski definition) is 5. The van der Waals surface area contributed by atoms with E-state index >= 15 is 0 Å². The van der Waals surface area contributed by atoms with Gasteiger partial charge in [0.15, 0.2) is 9.84 Å². The molecule has 0 atom stereocenters. The highest BCUT2D eigenvalue weighted by atomic mass is 35.5. The highest BCUT2D eigenvalue weighted by Crippen LogP contribution is 2.28. The molecule has 0 spiro atoms. The number of benzene rings is 2. The first-order valence-electron chi connectivity index (χ1n) is 10.2. The van der Waals surface area contributed by atoms with E-state index in [1.54, 1.807) is 25.3 Å². The zero-order chi connectivity index (χ0) is 23.1. The lowest BCUT2D eigenvalue weighted by Crippen LogP contribution is -2.12. The topological polar surface area (TPSA) is 91.0 Å². The summed E-state index contributed by atoms with van der Waals surface area (Å²) in [5, 5.41) is 1.24. The summed E-state index contributed by atoms with van der Waals surface area (Å²) in [6, 6.07) is 12.8. The summed E-state index contributed by atoms with van der Waals surface area (Å²) in [6.45, 7) is 2.44. The Morgan fingerprint density at radius 2 is 1.78 bits per heavy atom. The van der Waals surface area contributed by atoms with E-state index in [-0.39, 0.29) is 11.5 Å². The third-order valence-electron chi connectivity index (χ3n) is 5.47. The number of hydrogen-bond donors (Lipinski definition) is 0. The van der Waals surface area contributed by atoms with Crippen LogP contribution in [0.2, 0.25) is 5.02 Å². The Bertz CT molecular complexity index is 1520. The van der Waals surface area contributed by atoms with E-state index in [4.69, 9.17) is 16.6 Å². The molecule has 4 rings (SSSR count). The fourth-order valence-electron chi connectivity index (χ4n) is 3.91. The number of aryl methyl sites for hydroxylation is 1. The second-order valence-electron chi connectivity index (χ2n) is 7.84. The number of aromatic nitrogens is 3. The molecule has 0 aliphatic carbocycles.